The predicted octanol–water partition coefficient (Wildman–Crippen LogP) is 11.8. The second kappa shape index (κ2) is 14.7. The first-order valence-electron chi connectivity index (χ1n) is 16.2. The van der Waals surface area contributed by atoms with Gasteiger partial charge < -0.3 is 0 Å². The second-order valence-corrected chi connectivity index (χ2v) is 11.8. The molecule has 0 saturated carbocycles. The molecule has 0 amide bonds. The lowest BCUT2D eigenvalue weighted by molar-refractivity contribution is 0.519. The number of rotatable bonds is 10. The summed E-state index contributed by atoms with van der Waals surface area (Å²) in [6.45, 7) is 19.7. The van der Waals surface area contributed by atoms with Crippen molar-refractivity contribution in [1.82, 2.24) is 5.01 Å². The quantitative estimate of drug-likeness (QED) is 0.131. The lowest BCUT2D eigenvalue weighted by Gasteiger charge is -2.27. The average Bonchev–Trinajstić information content (AvgIpc) is 3.09. The standard InChI is InChI=1S/C44H44N2/c1-8-10-18-36-25-26-42(33(5)32(36)4)44(27-31(3)9-2)40-24-17-23-39(28-40)34(6)45-46-30-41(37-19-13-11-14-20-37)29-43(35(46)7)38-21-15-12-16-22-38/h10-30H,3,7-9H2,1-2,4-6H3/b18-10-,44-27-,45-34+. The van der Waals surface area contributed by atoms with Crippen molar-refractivity contribution in [2.75, 3.05) is 0 Å². The van der Waals surface area contributed by atoms with E-state index in [-0.39, 0.29) is 0 Å². The van der Waals surface area contributed by atoms with Crippen LogP contribution in [0, 0.1) is 13.8 Å². The Hall–Kier alpha value is -5.21. The zero-order valence-electron chi connectivity index (χ0n) is 27.8. The molecule has 0 bridgehead atoms. The van der Waals surface area contributed by atoms with Crippen LogP contribution in [0.4, 0.5) is 0 Å². The Labute approximate surface area is 275 Å². The molecule has 0 aliphatic carbocycles. The van der Waals surface area contributed by atoms with Gasteiger partial charge in [-0.1, -0.05) is 142 Å². The third-order valence-corrected chi connectivity index (χ3v) is 8.64. The molecule has 1 heterocycles. The summed E-state index contributed by atoms with van der Waals surface area (Å²) in [6, 6.07) is 34.0. The summed E-state index contributed by atoms with van der Waals surface area (Å²) in [6.07, 6.45) is 12.9. The van der Waals surface area contributed by atoms with E-state index in [9.17, 15) is 0 Å². The van der Waals surface area contributed by atoms with Crippen LogP contribution < -0.4 is 0 Å². The monoisotopic (exact) mass is 600 g/mol. The molecule has 1 aliphatic rings. The number of hydrogen-bond acceptors (Lipinski definition) is 2. The van der Waals surface area contributed by atoms with Gasteiger partial charge in [0.15, 0.2) is 0 Å². The number of benzene rings is 4. The van der Waals surface area contributed by atoms with Crippen molar-refractivity contribution in [2.24, 2.45) is 5.10 Å². The zero-order valence-corrected chi connectivity index (χ0v) is 27.8. The summed E-state index contributed by atoms with van der Waals surface area (Å²) in [4.78, 5) is 0. The highest BCUT2D eigenvalue weighted by molar-refractivity contribution is 6.00. The maximum absolute atomic E-state index is 5.15. The van der Waals surface area contributed by atoms with Crippen molar-refractivity contribution in [3.05, 3.63) is 190 Å². The molecule has 2 heteroatoms. The Morgan fingerprint density at radius 2 is 1.48 bits per heavy atom. The zero-order chi connectivity index (χ0) is 32.6. The molecule has 0 aromatic heterocycles. The first kappa shape index (κ1) is 32.2. The Morgan fingerprint density at radius 3 is 2.15 bits per heavy atom. The molecule has 0 unspecified atom stereocenters. The van der Waals surface area contributed by atoms with Crippen molar-refractivity contribution in [2.45, 2.75) is 47.5 Å². The van der Waals surface area contributed by atoms with Crippen LogP contribution in [0.15, 0.2) is 151 Å². The minimum Gasteiger partial charge on any atom is -0.240 e. The van der Waals surface area contributed by atoms with Gasteiger partial charge in [-0.3, -0.25) is 0 Å². The largest absolute Gasteiger partial charge is 0.240 e. The Balaban J connectivity index is 1.56. The molecule has 5 rings (SSSR count). The van der Waals surface area contributed by atoms with E-state index in [4.69, 9.17) is 5.10 Å². The van der Waals surface area contributed by atoms with Crippen LogP contribution in [-0.4, -0.2) is 10.7 Å². The molecule has 0 fully saturated rings. The molecule has 4 aromatic rings. The van der Waals surface area contributed by atoms with E-state index < -0.39 is 0 Å². The van der Waals surface area contributed by atoms with Gasteiger partial charge >= 0.3 is 0 Å². The highest BCUT2D eigenvalue weighted by atomic mass is 15.5. The van der Waals surface area contributed by atoms with E-state index in [1.165, 1.54) is 27.8 Å². The molecule has 4 aromatic carbocycles. The molecule has 0 N–H and O–H groups in total. The maximum atomic E-state index is 5.15. The predicted molar refractivity (Wildman–Crippen MR) is 200 cm³/mol. The van der Waals surface area contributed by atoms with E-state index >= 15 is 0 Å². The summed E-state index contributed by atoms with van der Waals surface area (Å²) in [5.74, 6) is 0. The van der Waals surface area contributed by atoms with Gasteiger partial charge in [-0.2, -0.15) is 5.10 Å². The van der Waals surface area contributed by atoms with Crippen LogP contribution >= 0.6 is 0 Å². The third kappa shape index (κ3) is 7.19. The van der Waals surface area contributed by atoms with Gasteiger partial charge in [-0.15, -0.1) is 0 Å². The smallest absolute Gasteiger partial charge is 0.0655 e. The lowest BCUT2D eigenvalue weighted by atomic mass is 9.88. The fourth-order valence-electron chi connectivity index (χ4n) is 5.67. The Kier molecular flexibility index (Phi) is 10.3. The van der Waals surface area contributed by atoms with E-state index in [0.717, 1.165) is 63.2 Å². The summed E-state index contributed by atoms with van der Waals surface area (Å²) >= 11 is 0. The molecule has 0 radical (unpaired) electrons. The van der Waals surface area contributed by atoms with Gasteiger partial charge in [0.1, 0.15) is 0 Å². The highest BCUT2D eigenvalue weighted by Gasteiger charge is 2.20. The molecule has 2 nitrogen and oxygen atoms in total. The minimum atomic E-state index is 0.838. The van der Waals surface area contributed by atoms with Gasteiger partial charge in [-0.05, 0) is 95.8 Å². The molecule has 0 spiro atoms. The first-order valence-corrected chi connectivity index (χ1v) is 16.2. The number of hydrogen-bond donors (Lipinski definition) is 0. The molecule has 230 valence electrons. The number of hydrazone groups is 1. The van der Waals surface area contributed by atoms with E-state index in [1.807, 2.05) is 17.1 Å². The summed E-state index contributed by atoms with van der Waals surface area (Å²) in [7, 11) is 0. The first-order chi connectivity index (χ1) is 22.3. The van der Waals surface area contributed by atoms with Crippen LogP contribution in [-0.2, 0) is 0 Å². The molecule has 1 aliphatic heterocycles. The van der Waals surface area contributed by atoms with Crippen molar-refractivity contribution >= 4 is 28.5 Å². The minimum absolute atomic E-state index is 0.838. The van der Waals surface area contributed by atoms with Crippen molar-refractivity contribution in [1.29, 1.82) is 0 Å². The Bertz CT molecular complexity index is 1900. The molecular weight excluding hydrogens is 556 g/mol. The highest BCUT2D eigenvalue weighted by Crippen LogP contribution is 2.35. The number of allylic oxidation sites excluding steroid dienone is 6. The fraction of sp³-hybridized carbons (Fsp3) is 0.159. The van der Waals surface area contributed by atoms with Crippen LogP contribution in [0.5, 0.6) is 0 Å². The lowest BCUT2D eigenvalue weighted by Crippen LogP contribution is -2.17. The van der Waals surface area contributed by atoms with Crippen molar-refractivity contribution in [3.8, 4) is 0 Å². The van der Waals surface area contributed by atoms with Gasteiger partial charge in [-0.25, -0.2) is 5.01 Å². The normalized spacial score (nSPS) is 14.0. The average molecular weight is 601 g/mol. The third-order valence-electron chi connectivity index (χ3n) is 8.64. The summed E-state index contributed by atoms with van der Waals surface area (Å²) in [5, 5.41) is 7.08. The SMILES string of the molecule is C=C(/C=C(/c1cccc(/C(C)=N/N2C=C(c3ccccc3)C=C(c3ccccc3)C2=C)c1)c1ccc(/C=C\CC)c(C)c1C)CC. The van der Waals surface area contributed by atoms with Crippen molar-refractivity contribution in [3.63, 3.8) is 0 Å². The van der Waals surface area contributed by atoms with Crippen molar-refractivity contribution < 1.29 is 0 Å². The van der Waals surface area contributed by atoms with Crippen LogP contribution in [0.1, 0.15) is 78.1 Å². The van der Waals surface area contributed by atoms with Gasteiger partial charge in [0.25, 0.3) is 0 Å². The van der Waals surface area contributed by atoms with E-state index in [0.29, 0.717) is 0 Å². The molecule has 46 heavy (non-hydrogen) atoms. The van der Waals surface area contributed by atoms with Crippen LogP contribution in [0.25, 0.3) is 22.8 Å². The van der Waals surface area contributed by atoms with E-state index in [2.05, 4.69) is 163 Å². The van der Waals surface area contributed by atoms with Crippen LogP contribution in [0.2, 0.25) is 0 Å². The summed E-state index contributed by atoms with van der Waals surface area (Å²) < 4.78 is 0. The Morgan fingerprint density at radius 1 is 0.804 bits per heavy atom. The second-order valence-electron chi connectivity index (χ2n) is 11.8. The van der Waals surface area contributed by atoms with Crippen LogP contribution in [0.3, 0.4) is 0 Å². The maximum Gasteiger partial charge on any atom is 0.0655 e. The topological polar surface area (TPSA) is 15.6 Å². The molecule has 0 saturated heterocycles. The van der Waals surface area contributed by atoms with E-state index in [1.54, 1.807) is 0 Å². The van der Waals surface area contributed by atoms with Gasteiger partial charge in [0.05, 0.1) is 11.4 Å². The molecule has 0 atom stereocenters. The number of nitrogens with zero attached hydrogens (tertiary/aromatic N) is 2. The molecular formula is C44H44N2. The fourth-order valence-corrected chi connectivity index (χ4v) is 5.67. The van der Waals surface area contributed by atoms with Gasteiger partial charge in [0, 0.05) is 17.3 Å². The van der Waals surface area contributed by atoms with Gasteiger partial charge in [0.2, 0.25) is 0 Å². The summed E-state index contributed by atoms with van der Waals surface area (Å²) in [5.41, 5.74) is 15.7.